The first kappa shape index (κ1) is 19.2. The summed E-state index contributed by atoms with van der Waals surface area (Å²) in [5.74, 6) is 0.425. The number of methoxy groups -OCH3 is 1. The average Bonchev–Trinajstić information content (AvgIpc) is 2.49. The molecule has 0 heterocycles. The summed E-state index contributed by atoms with van der Waals surface area (Å²) in [4.78, 5) is 22.9. The molecule has 3 N–H and O–H groups in total. The van der Waals surface area contributed by atoms with Gasteiger partial charge in [-0.2, -0.15) is 0 Å². The van der Waals surface area contributed by atoms with Crippen molar-refractivity contribution in [3.8, 4) is 5.75 Å². The predicted molar refractivity (Wildman–Crippen MR) is 83.6 cm³/mol. The number of carbonyl (C=O) groups is 2. The van der Waals surface area contributed by atoms with Gasteiger partial charge in [0.1, 0.15) is 5.75 Å². The Bertz CT molecular complexity index is 438. The van der Waals surface area contributed by atoms with Crippen LogP contribution in [-0.4, -0.2) is 39.1 Å². The van der Waals surface area contributed by atoms with Crippen molar-refractivity contribution in [2.45, 2.75) is 13.0 Å². The molecule has 0 saturated heterocycles. The van der Waals surface area contributed by atoms with Crippen LogP contribution in [0.1, 0.15) is 12.0 Å². The van der Waals surface area contributed by atoms with Crippen LogP contribution in [-0.2, 0) is 16.1 Å². The molecular formula is C14H22ClN3O3. The van der Waals surface area contributed by atoms with E-state index in [1.54, 1.807) is 14.2 Å². The van der Waals surface area contributed by atoms with Crippen LogP contribution in [0.4, 0.5) is 0 Å². The van der Waals surface area contributed by atoms with Crippen molar-refractivity contribution in [3.63, 3.8) is 0 Å². The van der Waals surface area contributed by atoms with E-state index in [0.29, 0.717) is 19.5 Å². The number of hydrogen-bond donors (Lipinski definition) is 3. The second-order valence-electron chi connectivity index (χ2n) is 4.26. The highest BCUT2D eigenvalue weighted by atomic mass is 35.5. The second kappa shape index (κ2) is 10.9. The molecule has 1 aromatic carbocycles. The van der Waals surface area contributed by atoms with Gasteiger partial charge >= 0.3 is 0 Å². The van der Waals surface area contributed by atoms with Gasteiger partial charge in [-0.05, 0) is 24.7 Å². The summed E-state index contributed by atoms with van der Waals surface area (Å²) in [7, 11) is 3.38. The van der Waals surface area contributed by atoms with E-state index in [2.05, 4.69) is 16.0 Å². The monoisotopic (exact) mass is 315 g/mol. The van der Waals surface area contributed by atoms with Crippen molar-refractivity contribution in [3.05, 3.63) is 29.8 Å². The fraction of sp³-hybridized carbons (Fsp3) is 0.429. The van der Waals surface area contributed by atoms with Gasteiger partial charge in [-0.25, -0.2) is 0 Å². The quantitative estimate of drug-likeness (QED) is 0.651. The summed E-state index contributed by atoms with van der Waals surface area (Å²) in [5, 5.41) is 8.17. The first-order valence-electron chi connectivity index (χ1n) is 6.46. The van der Waals surface area contributed by atoms with Crippen LogP contribution in [0.25, 0.3) is 0 Å². The Morgan fingerprint density at radius 3 is 2.33 bits per heavy atom. The number of ether oxygens (including phenoxy) is 1. The van der Waals surface area contributed by atoms with Crippen molar-refractivity contribution >= 4 is 24.2 Å². The number of nitrogens with one attached hydrogen (secondary N) is 3. The number of carbonyl (C=O) groups excluding carboxylic acids is 2. The molecule has 1 rings (SSSR count). The Kier molecular flexibility index (Phi) is 10.0. The van der Waals surface area contributed by atoms with Gasteiger partial charge in [0, 0.05) is 19.5 Å². The molecular weight excluding hydrogens is 294 g/mol. The molecule has 0 aliphatic heterocycles. The van der Waals surface area contributed by atoms with Crippen LogP contribution in [0.3, 0.4) is 0 Å². The lowest BCUT2D eigenvalue weighted by atomic mass is 10.2. The molecule has 6 nitrogen and oxygen atoms in total. The summed E-state index contributed by atoms with van der Waals surface area (Å²) in [5.41, 5.74) is 0.973. The smallest absolute Gasteiger partial charge is 0.239 e. The van der Waals surface area contributed by atoms with E-state index < -0.39 is 0 Å². The Morgan fingerprint density at radius 1 is 1.10 bits per heavy atom. The van der Waals surface area contributed by atoms with Crippen molar-refractivity contribution < 1.29 is 14.3 Å². The lowest BCUT2D eigenvalue weighted by Gasteiger charge is -2.07. The molecule has 0 aliphatic rings. The molecule has 0 spiro atoms. The van der Waals surface area contributed by atoms with E-state index in [4.69, 9.17) is 4.74 Å². The van der Waals surface area contributed by atoms with E-state index in [9.17, 15) is 9.59 Å². The molecule has 0 aliphatic carbocycles. The molecule has 0 aromatic heterocycles. The SMILES string of the molecule is CNCCC(=O)NCC(=O)NCc1ccc(OC)cc1.Cl. The predicted octanol–water partition coefficient (Wildman–Crippen LogP) is 0.459. The lowest BCUT2D eigenvalue weighted by molar-refractivity contribution is -0.126. The zero-order valence-corrected chi connectivity index (χ0v) is 13.1. The molecule has 0 saturated carbocycles. The zero-order chi connectivity index (χ0) is 14.8. The summed E-state index contributed by atoms with van der Waals surface area (Å²) in [6, 6.07) is 7.43. The van der Waals surface area contributed by atoms with Gasteiger partial charge in [0.25, 0.3) is 0 Å². The standard InChI is InChI=1S/C14H21N3O3.ClH/c1-15-8-7-13(18)17-10-14(19)16-9-11-3-5-12(20-2)6-4-11;/h3-6,15H,7-10H2,1-2H3,(H,16,19)(H,17,18);1H. The van der Waals surface area contributed by atoms with Crippen LogP contribution < -0.4 is 20.7 Å². The van der Waals surface area contributed by atoms with E-state index in [1.807, 2.05) is 24.3 Å². The van der Waals surface area contributed by atoms with Crippen LogP contribution in [0.15, 0.2) is 24.3 Å². The Labute approximate surface area is 131 Å². The fourth-order valence-electron chi connectivity index (χ4n) is 1.51. The minimum atomic E-state index is -0.210. The summed E-state index contributed by atoms with van der Waals surface area (Å²) in [6.07, 6.45) is 0.363. The van der Waals surface area contributed by atoms with Crippen LogP contribution >= 0.6 is 12.4 Å². The summed E-state index contributed by atoms with van der Waals surface area (Å²) < 4.78 is 5.05. The van der Waals surface area contributed by atoms with Crippen molar-refractivity contribution in [2.24, 2.45) is 0 Å². The number of rotatable bonds is 8. The molecule has 0 unspecified atom stereocenters. The number of halogens is 1. The molecule has 21 heavy (non-hydrogen) atoms. The van der Waals surface area contributed by atoms with Crippen molar-refractivity contribution in [1.29, 1.82) is 0 Å². The summed E-state index contributed by atoms with van der Waals surface area (Å²) >= 11 is 0. The molecule has 2 amide bonds. The highest BCUT2D eigenvalue weighted by Gasteiger charge is 2.04. The number of benzene rings is 1. The van der Waals surface area contributed by atoms with E-state index in [1.165, 1.54) is 0 Å². The van der Waals surface area contributed by atoms with Gasteiger partial charge in [0.05, 0.1) is 13.7 Å². The van der Waals surface area contributed by atoms with E-state index in [0.717, 1.165) is 11.3 Å². The first-order chi connectivity index (χ1) is 9.65. The number of hydrogen-bond acceptors (Lipinski definition) is 4. The topological polar surface area (TPSA) is 79.5 Å². The number of amides is 2. The molecule has 0 atom stereocenters. The van der Waals surface area contributed by atoms with Crippen LogP contribution in [0, 0.1) is 0 Å². The first-order valence-corrected chi connectivity index (χ1v) is 6.46. The van der Waals surface area contributed by atoms with Crippen LogP contribution in [0.5, 0.6) is 5.75 Å². The van der Waals surface area contributed by atoms with Gasteiger partial charge in [-0.3, -0.25) is 9.59 Å². The largest absolute Gasteiger partial charge is 0.497 e. The maximum Gasteiger partial charge on any atom is 0.239 e. The van der Waals surface area contributed by atoms with Gasteiger partial charge in [-0.15, -0.1) is 12.4 Å². The molecule has 1 aromatic rings. The van der Waals surface area contributed by atoms with Crippen molar-refractivity contribution in [2.75, 3.05) is 27.2 Å². The highest BCUT2D eigenvalue weighted by Crippen LogP contribution is 2.10. The molecule has 7 heteroatoms. The zero-order valence-electron chi connectivity index (χ0n) is 12.3. The molecule has 118 valence electrons. The Morgan fingerprint density at radius 2 is 1.76 bits per heavy atom. The minimum absolute atomic E-state index is 0. The normalized spacial score (nSPS) is 9.43. The molecule has 0 bridgehead atoms. The van der Waals surface area contributed by atoms with Gasteiger partial charge in [0.15, 0.2) is 0 Å². The third-order valence-electron chi connectivity index (χ3n) is 2.70. The molecule has 0 radical (unpaired) electrons. The Hall–Kier alpha value is -1.79. The minimum Gasteiger partial charge on any atom is -0.497 e. The second-order valence-corrected chi connectivity index (χ2v) is 4.26. The van der Waals surface area contributed by atoms with Gasteiger partial charge in [-0.1, -0.05) is 12.1 Å². The fourth-order valence-corrected chi connectivity index (χ4v) is 1.51. The maximum absolute atomic E-state index is 11.6. The highest BCUT2D eigenvalue weighted by molar-refractivity contribution is 5.85. The third-order valence-corrected chi connectivity index (χ3v) is 2.70. The van der Waals surface area contributed by atoms with Crippen LogP contribution in [0.2, 0.25) is 0 Å². The average molecular weight is 316 g/mol. The Balaban J connectivity index is 0.00000400. The third kappa shape index (κ3) is 8.16. The van der Waals surface area contributed by atoms with E-state index >= 15 is 0 Å². The van der Waals surface area contributed by atoms with E-state index in [-0.39, 0.29) is 30.8 Å². The van der Waals surface area contributed by atoms with Crippen molar-refractivity contribution in [1.82, 2.24) is 16.0 Å². The summed E-state index contributed by atoms with van der Waals surface area (Å²) in [6.45, 7) is 1.02. The van der Waals surface area contributed by atoms with Gasteiger partial charge < -0.3 is 20.7 Å². The maximum atomic E-state index is 11.6. The lowest BCUT2D eigenvalue weighted by Crippen LogP contribution is -2.37. The molecule has 0 fully saturated rings. The van der Waals surface area contributed by atoms with Gasteiger partial charge in [0.2, 0.25) is 11.8 Å².